The maximum atomic E-state index is 11.4. The van der Waals surface area contributed by atoms with Crippen LogP contribution in [0.3, 0.4) is 0 Å². The van der Waals surface area contributed by atoms with Crippen LogP contribution in [0.5, 0.6) is 0 Å². The van der Waals surface area contributed by atoms with E-state index in [2.05, 4.69) is 4.98 Å². The monoisotopic (exact) mass is 208 g/mol. The lowest BCUT2D eigenvalue weighted by molar-refractivity contribution is 0.0819. The zero-order valence-electron chi connectivity index (χ0n) is 9.30. The van der Waals surface area contributed by atoms with Gasteiger partial charge in [0.05, 0.1) is 18.3 Å². The van der Waals surface area contributed by atoms with Crippen molar-refractivity contribution in [2.45, 2.75) is 26.5 Å². The molecule has 0 atom stereocenters. The summed E-state index contributed by atoms with van der Waals surface area (Å²) in [7, 11) is 1.69. The fourth-order valence-corrected chi connectivity index (χ4v) is 1.09. The molecule has 15 heavy (non-hydrogen) atoms. The molecule has 0 saturated heterocycles. The first kappa shape index (κ1) is 11.5. The molecule has 1 amide bonds. The van der Waals surface area contributed by atoms with Crippen LogP contribution in [0.4, 0.5) is 4.79 Å². The minimum absolute atomic E-state index is 0.0938. The molecule has 0 fully saturated rings. The minimum Gasteiger partial charge on any atom is -0.447 e. The smallest absolute Gasteiger partial charge is 0.410 e. The predicted octanol–water partition coefficient (Wildman–Crippen LogP) is 2.06. The maximum absolute atomic E-state index is 11.4. The fraction of sp³-hybridized carbons (Fsp3) is 0.455. The van der Waals surface area contributed by atoms with Gasteiger partial charge in [-0.25, -0.2) is 4.79 Å². The zero-order valence-corrected chi connectivity index (χ0v) is 9.30. The van der Waals surface area contributed by atoms with Gasteiger partial charge in [0.15, 0.2) is 0 Å². The number of rotatable bonds is 3. The Hall–Kier alpha value is -1.58. The summed E-state index contributed by atoms with van der Waals surface area (Å²) in [6.45, 7) is 4.12. The molecule has 0 N–H and O–H groups in total. The van der Waals surface area contributed by atoms with Crippen LogP contribution in [0.15, 0.2) is 24.4 Å². The largest absolute Gasteiger partial charge is 0.447 e. The number of amides is 1. The van der Waals surface area contributed by atoms with Crippen LogP contribution in [-0.4, -0.2) is 29.1 Å². The summed E-state index contributed by atoms with van der Waals surface area (Å²) in [6.07, 6.45) is 1.29. The lowest BCUT2D eigenvalue weighted by atomic mass is 10.3. The van der Waals surface area contributed by atoms with Crippen molar-refractivity contribution in [3.63, 3.8) is 0 Å². The Morgan fingerprint density at radius 1 is 1.53 bits per heavy atom. The van der Waals surface area contributed by atoms with Crippen LogP contribution >= 0.6 is 0 Å². The zero-order chi connectivity index (χ0) is 11.3. The molecule has 4 nitrogen and oxygen atoms in total. The number of hydrogen-bond acceptors (Lipinski definition) is 3. The Kier molecular flexibility index (Phi) is 4.09. The van der Waals surface area contributed by atoms with Gasteiger partial charge in [0.25, 0.3) is 0 Å². The maximum Gasteiger partial charge on any atom is 0.410 e. The highest BCUT2D eigenvalue weighted by atomic mass is 16.6. The summed E-state index contributed by atoms with van der Waals surface area (Å²) in [5, 5.41) is 0. The first-order chi connectivity index (χ1) is 7.09. The Morgan fingerprint density at radius 2 is 2.27 bits per heavy atom. The van der Waals surface area contributed by atoms with E-state index in [0.717, 1.165) is 5.69 Å². The predicted molar refractivity (Wildman–Crippen MR) is 57.3 cm³/mol. The molecule has 0 saturated carbocycles. The topological polar surface area (TPSA) is 42.4 Å². The van der Waals surface area contributed by atoms with Crippen LogP contribution < -0.4 is 0 Å². The van der Waals surface area contributed by atoms with Gasteiger partial charge in [-0.3, -0.25) is 4.98 Å². The van der Waals surface area contributed by atoms with Gasteiger partial charge in [0.2, 0.25) is 0 Å². The number of pyridine rings is 1. The minimum atomic E-state index is -0.323. The van der Waals surface area contributed by atoms with Gasteiger partial charge < -0.3 is 9.64 Å². The highest BCUT2D eigenvalue weighted by molar-refractivity contribution is 5.67. The number of nitrogens with zero attached hydrogens (tertiary/aromatic N) is 2. The summed E-state index contributed by atoms with van der Waals surface area (Å²) in [6, 6.07) is 5.61. The van der Waals surface area contributed by atoms with E-state index < -0.39 is 0 Å². The lowest BCUT2D eigenvalue weighted by Gasteiger charge is -2.18. The van der Waals surface area contributed by atoms with E-state index in [4.69, 9.17) is 4.74 Å². The first-order valence-electron chi connectivity index (χ1n) is 4.91. The molecule has 0 bridgehead atoms. The highest BCUT2D eigenvalue weighted by Gasteiger charge is 2.12. The van der Waals surface area contributed by atoms with Gasteiger partial charge in [0, 0.05) is 13.2 Å². The van der Waals surface area contributed by atoms with Crippen LogP contribution in [-0.2, 0) is 11.3 Å². The van der Waals surface area contributed by atoms with Crippen molar-refractivity contribution in [2.75, 3.05) is 7.05 Å². The first-order valence-corrected chi connectivity index (χ1v) is 4.91. The molecule has 1 heterocycles. The average Bonchev–Trinajstić information content (AvgIpc) is 2.18. The third-order valence-corrected chi connectivity index (χ3v) is 1.77. The van der Waals surface area contributed by atoms with Gasteiger partial charge in [-0.15, -0.1) is 0 Å². The van der Waals surface area contributed by atoms with E-state index in [1.165, 1.54) is 4.90 Å². The second-order valence-electron chi connectivity index (χ2n) is 3.61. The number of aromatic nitrogens is 1. The molecular formula is C11H16N2O2. The van der Waals surface area contributed by atoms with E-state index in [9.17, 15) is 4.79 Å². The van der Waals surface area contributed by atoms with Crippen molar-refractivity contribution in [2.24, 2.45) is 0 Å². The molecule has 0 unspecified atom stereocenters. The standard InChI is InChI=1S/C11H16N2O2/c1-9(2)15-11(14)13(3)8-10-6-4-5-7-12-10/h4-7,9H,8H2,1-3H3. The Labute approximate surface area is 89.9 Å². The van der Waals surface area contributed by atoms with E-state index >= 15 is 0 Å². The van der Waals surface area contributed by atoms with Gasteiger partial charge in [-0.05, 0) is 26.0 Å². The average molecular weight is 208 g/mol. The second-order valence-corrected chi connectivity index (χ2v) is 3.61. The van der Waals surface area contributed by atoms with Gasteiger partial charge in [0.1, 0.15) is 0 Å². The molecular weight excluding hydrogens is 192 g/mol. The summed E-state index contributed by atoms with van der Waals surface area (Å²) >= 11 is 0. The van der Waals surface area contributed by atoms with Crippen molar-refractivity contribution in [3.8, 4) is 0 Å². The summed E-state index contributed by atoms with van der Waals surface area (Å²) in [5.41, 5.74) is 0.848. The molecule has 0 aromatic carbocycles. The number of ether oxygens (including phenoxy) is 1. The lowest BCUT2D eigenvalue weighted by Crippen LogP contribution is -2.29. The van der Waals surface area contributed by atoms with E-state index in [-0.39, 0.29) is 12.2 Å². The van der Waals surface area contributed by atoms with Crippen molar-refractivity contribution in [1.82, 2.24) is 9.88 Å². The van der Waals surface area contributed by atoms with Crippen LogP contribution in [0.25, 0.3) is 0 Å². The van der Waals surface area contributed by atoms with Crippen LogP contribution in [0.2, 0.25) is 0 Å². The highest BCUT2D eigenvalue weighted by Crippen LogP contribution is 2.02. The molecule has 1 rings (SSSR count). The number of carbonyl (C=O) groups is 1. The summed E-state index contributed by atoms with van der Waals surface area (Å²) < 4.78 is 5.04. The van der Waals surface area contributed by atoms with Gasteiger partial charge in [-0.2, -0.15) is 0 Å². The Bertz CT molecular complexity index is 312. The molecule has 82 valence electrons. The Balaban J connectivity index is 2.49. The molecule has 0 aliphatic rings. The third kappa shape index (κ3) is 3.97. The van der Waals surface area contributed by atoms with Gasteiger partial charge >= 0.3 is 6.09 Å². The number of hydrogen-bond donors (Lipinski definition) is 0. The van der Waals surface area contributed by atoms with Crippen molar-refractivity contribution < 1.29 is 9.53 Å². The normalized spacial score (nSPS) is 10.1. The van der Waals surface area contributed by atoms with Crippen LogP contribution in [0.1, 0.15) is 19.5 Å². The quantitative estimate of drug-likeness (QED) is 0.763. The van der Waals surface area contributed by atoms with E-state index in [0.29, 0.717) is 6.54 Å². The molecule has 1 aromatic heterocycles. The van der Waals surface area contributed by atoms with Crippen molar-refractivity contribution in [3.05, 3.63) is 30.1 Å². The SMILES string of the molecule is CC(C)OC(=O)N(C)Cc1ccccn1. The fourth-order valence-electron chi connectivity index (χ4n) is 1.09. The van der Waals surface area contributed by atoms with E-state index in [1.54, 1.807) is 13.2 Å². The third-order valence-electron chi connectivity index (χ3n) is 1.77. The molecule has 4 heteroatoms. The summed E-state index contributed by atoms with van der Waals surface area (Å²) in [4.78, 5) is 17.1. The molecule has 0 aliphatic heterocycles. The van der Waals surface area contributed by atoms with E-state index in [1.807, 2.05) is 32.0 Å². The Morgan fingerprint density at radius 3 is 2.80 bits per heavy atom. The molecule has 0 radical (unpaired) electrons. The van der Waals surface area contributed by atoms with Gasteiger partial charge in [-0.1, -0.05) is 6.07 Å². The van der Waals surface area contributed by atoms with Crippen molar-refractivity contribution >= 4 is 6.09 Å². The molecule has 0 aliphatic carbocycles. The van der Waals surface area contributed by atoms with Crippen LogP contribution in [0, 0.1) is 0 Å². The molecule has 0 spiro atoms. The number of carbonyl (C=O) groups excluding carboxylic acids is 1. The van der Waals surface area contributed by atoms with Crippen molar-refractivity contribution in [1.29, 1.82) is 0 Å². The molecule has 1 aromatic rings. The summed E-state index contributed by atoms with van der Waals surface area (Å²) in [5.74, 6) is 0. The second kappa shape index (κ2) is 5.34.